The first-order valence-corrected chi connectivity index (χ1v) is 9.54. The number of nitrogens with one attached hydrogen (secondary N) is 1. The van der Waals surface area contributed by atoms with Crippen molar-refractivity contribution in [3.05, 3.63) is 60.3 Å². The molecule has 0 amide bonds. The molecule has 1 fully saturated rings. The minimum atomic E-state index is -0.311. The number of nitrogens with zero attached hydrogens (tertiary/aromatic N) is 4. The first-order chi connectivity index (χ1) is 13.7. The number of ether oxygens (including phenoxy) is 1. The fraction of sp³-hybridized carbons (Fsp3) is 0.450. The number of hydrogen-bond acceptors (Lipinski definition) is 7. The maximum Gasteiger partial charge on any atom is 0.223 e. The van der Waals surface area contributed by atoms with Crippen LogP contribution in [0.3, 0.4) is 0 Å². The Kier molecular flexibility index (Phi) is 5.68. The Bertz CT molecular complexity index is 862. The minimum Gasteiger partial charge on any atom is -0.485 e. The van der Waals surface area contributed by atoms with Gasteiger partial charge in [0.15, 0.2) is 6.61 Å². The third-order valence-corrected chi connectivity index (χ3v) is 5.08. The zero-order valence-corrected chi connectivity index (χ0v) is 15.9. The molecule has 8 nitrogen and oxygen atoms in total. The van der Waals surface area contributed by atoms with Gasteiger partial charge in [-0.15, -0.1) is 0 Å². The van der Waals surface area contributed by atoms with Gasteiger partial charge in [0.2, 0.25) is 11.7 Å². The van der Waals surface area contributed by atoms with Crippen LogP contribution in [0.15, 0.2) is 47.5 Å². The van der Waals surface area contributed by atoms with Crippen molar-refractivity contribution >= 4 is 0 Å². The number of benzene rings is 1. The zero-order valence-electron chi connectivity index (χ0n) is 15.9. The molecule has 0 radical (unpaired) electrons. The van der Waals surface area contributed by atoms with Crippen molar-refractivity contribution in [3.63, 3.8) is 0 Å². The molecule has 0 bridgehead atoms. The van der Waals surface area contributed by atoms with Crippen LogP contribution in [0.1, 0.15) is 30.1 Å². The Morgan fingerprint density at radius 3 is 2.86 bits per heavy atom. The molecule has 1 aromatic carbocycles. The van der Waals surface area contributed by atoms with Gasteiger partial charge in [0.25, 0.3) is 0 Å². The SMILES string of the molecule is Cc1nc(COc2ccc(CN[C@@H]3CC(Cn4ccnc4)C[C@H]3O)cc2)no1. The predicted molar refractivity (Wildman–Crippen MR) is 101 cm³/mol. The molecule has 1 unspecified atom stereocenters. The lowest BCUT2D eigenvalue weighted by molar-refractivity contribution is 0.145. The summed E-state index contributed by atoms with van der Waals surface area (Å²) >= 11 is 0. The Hall–Kier alpha value is -2.71. The van der Waals surface area contributed by atoms with E-state index in [4.69, 9.17) is 9.26 Å². The monoisotopic (exact) mass is 383 g/mol. The zero-order chi connectivity index (χ0) is 19.3. The van der Waals surface area contributed by atoms with E-state index in [1.807, 2.05) is 36.8 Å². The van der Waals surface area contributed by atoms with Crippen molar-refractivity contribution < 1.29 is 14.4 Å². The average molecular weight is 383 g/mol. The number of aliphatic hydroxyl groups excluding tert-OH is 1. The standard InChI is InChI=1S/C20H25N5O3/c1-14-23-20(24-28-14)12-27-17-4-2-15(3-5-17)10-22-18-8-16(9-19(18)26)11-25-7-6-21-13-25/h2-7,13,16,18-19,22,26H,8-12H2,1H3/t16?,18-,19-/m1/s1. The van der Waals surface area contributed by atoms with Gasteiger partial charge in [0.1, 0.15) is 5.75 Å². The van der Waals surface area contributed by atoms with E-state index in [2.05, 4.69) is 25.0 Å². The fourth-order valence-corrected chi connectivity index (χ4v) is 3.68. The summed E-state index contributed by atoms with van der Waals surface area (Å²) in [7, 11) is 0. The Labute approximate surface area is 163 Å². The molecule has 0 saturated heterocycles. The van der Waals surface area contributed by atoms with Crippen molar-refractivity contribution in [2.75, 3.05) is 0 Å². The van der Waals surface area contributed by atoms with Crippen molar-refractivity contribution in [2.45, 2.75) is 51.6 Å². The average Bonchev–Trinajstić information content (AvgIpc) is 3.42. The van der Waals surface area contributed by atoms with Gasteiger partial charge in [-0.25, -0.2) is 4.98 Å². The number of rotatable bonds is 8. The highest BCUT2D eigenvalue weighted by molar-refractivity contribution is 5.27. The van der Waals surface area contributed by atoms with Crippen molar-refractivity contribution in [1.29, 1.82) is 0 Å². The molecule has 4 rings (SSSR count). The van der Waals surface area contributed by atoms with Gasteiger partial charge in [0.05, 0.1) is 12.4 Å². The molecule has 2 aromatic heterocycles. The summed E-state index contributed by atoms with van der Waals surface area (Å²) in [6.07, 6.45) is 7.06. The molecule has 2 N–H and O–H groups in total. The maximum absolute atomic E-state index is 10.4. The third kappa shape index (κ3) is 4.76. The number of imidazole rings is 1. The summed E-state index contributed by atoms with van der Waals surface area (Å²) in [5.41, 5.74) is 1.15. The molecular formula is C20H25N5O3. The Morgan fingerprint density at radius 1 is 1.29 bits per heavy atom. The summed E-state index contributed by atoms with van der Waals surface area (Å²) in [6, 6.07) is 8.02. The molecule has 28 heavy (non-hydrogen) atoms. The molecule has 1 saturated carbocycles. The van der Waals surface area contributed by atoms with E-state index in [0.717, 1.165) is 30.7 Å². The van der Waals surface area contributed by atoms with Crippen LogP contribution >= 0.6 is 0 Å². The number of aliphatic hydroxyl groups is 1. The second kappa shape index (κ2) is 8.53. The normalized spacial score (nSPS) is 21.9. The smallest absolute Gasteiger partial charge is 0.223 e. The second-order valence-electron chi connectivity index (χ2n) is 7.31. The van der Waals surface area contributed by atoms with Gasteiger partial charge in [-0.2, -0.15) is 4.98 Å². The lowest BCUT2D eigenvalue weighted by Crippen LogP contribution is -2.35. The highest BCUT2D eigenvalue weighted by atomic mass is 16.5. The molecule has 0 spiro atoms. The van der Waals surface area contributed by atoms with Gasteiger partial charge >= 0.3 is 0 Å². The van der Waals surface area contributed by atoms with E-state index >= 15 is 0 Å². The van der Waals surface area contributed by atoms with Crippen molar-refractivity contribution in [2.24, 2.45) is 5.92 Å². The number of aryl methyl sites for hydroxylation is 1. The molecule has 8 heteroatoms. The molecule has 0 aliphatic heterocycles. The van der Waals surface area contributed by atoms with Crippen molar-refractivity contribution in [3.8, 4) is 5.75 Å². The first kappa shape index (κ1) is 18.6. The third-order valence-electron chi connectivity index (χ3n) is 5.08. The second-order valence-corrected chi connectivity index (χ2v) is 7.31. The highest BCUT2D eigenvalue weighted by Crippen LogP contribution is 2.28. The van der Waals surface area contributed by atoms with Gasteiger partial charge in [-0.05, 0) is 36.5 Å². The van der Waals surface area contributed by atoms with Crippen LogP contribution in [-0.4, -0.2) is 36.9 Å². The van der Waals surface area contributed by atoms with E-state index in [-0.39, 0.29) is 18.8 Å². The summed E-state index contributed by atoms with van der Waals surface area (Å²) in [5.74, 6) is 2.28. The van der Waals surface area contributed by atoms with Gasteiger partial charge in [-0.3, -0.25) is 0 Å². The van der Waals surface area contributed by atoms with Crippen LogP contribution in [0, 0.1) is 12.8 Å². The minimum absolute atomic E-state index is 0.117. The van der Waals surface area contributed by atoms with Crippen molar-refractivity contribution in [1.82, 2.24) is 25.0 Å². The van der Waals surface area contributed by atoms with Gasteiger partial charge in [-0.1, -0.05) is 17.3 Å². The topological polar surface area (TPSA) is 98.2 Å². The first-order valence-electron chi connectivity index (χ1n) is 9.54. The Balaban J connectivity index is 1.23. The summed E-state index contributed by atoms with van der Waals surface area (Å²) in [6.45, 7) is 3.64. The number of aromatic nitrogens is 4. The molecule has 1 aliphatic rings. The van der Waals surface area contributed by atoms with Gasteiger partial charge in [0, 0.05) is 38.4 Å². The largest absolute Gasteiger partial charge is 0.485 e. The molecule has 148 valence electrons. The Morgan fingerprint density at radius 2 is 2.14 bits per heavy atom. The molecule has 3 aromatic rings. The molecule has 3 atom stereocenters. The maximum atomic E-state index is 10.4. The van der Waals surface area contributed by atoms with E-state index in [1.165, 1.54) is 0 Å². The lowest BCUT2D eigenvalue weighted by atomic mass is 10.1. The van der Waals surface area contributed by atoms with Gasteiger partial charge < -0.3 is 24.3 Å². The summed E-state index contributed by atoms with van der Waals surface area (Å²) in [5, 5.41) is 17.7. The fourth-order valence-electron chi connectivity index (χ4n) is 3.68. The van der Waals surface area contributed by atoms with Crippen LogP contribution < -0.4 is 10.1 Å². The van der Waals surface area contributed by atoms with E-state index in [0.29, 0.717) is 24.2 Å². The molecule has 1 aliphatic carbocycles. The highest BCUT2D eigenvalue weighted by Gasteiger charge is 2.32. The number of hydrogen-bond donors (Lipinski definition) is 2. The van der Waals surface area contributed by atoms with Crippen LogP contribution in [0.4, 0.5) is 0 Å². The van der Waals surface area contributed by atoms with Crippen LogP contribution in [-0.2, 0) is 19.7 Å². The summed E-state index contributed by atoms with van der Waals surface area (Å²) < 4.78 is 12.7. The molecular weight excluding hydrogens is 358 g/mol. The summed E-state index contributed by atoms with van der Waals surface area (Å²) in [4.78, 5) is 8.19. The van der Waals surface area contributed by atoms with E-state index in [9.17, 15) is 5.11 Å². The van der Waals surface area contributed by atoms with Crippen LogP contribution in [0.2, 0.25) is 0 Å². The van der Waals surface area contributed by atoms with E-state index in [1.54, 1.807) is 13.1 Å². The van der Waals surface area contributed by atoms with Crippen LogP contribution in [0.5, 0.6) is 5.75 Å². The lowest BCUT2D eigenvalue weighted by Gasteiger charge is -2.16. The van der Waals surface area contributed by atoms with E-state index < -0.39 is 0 Å². The predicted octanol–water partition coefficient (Wildman–Crippen LogP) is 2.08. The molecule has 2 heterocycles. The van der Waals surface area contributed by atoms with Crippen LogP contribution in [0.25, 0.3) is 0 Å². The quantitative estimate of drug-likeness (QED) is 0.614.